The van der Waals surface area contributed by atoms with E-state index in [4.69, 9.17) is 11.6 Å². The average molecular weight is 327 g/mol. The molecule has 1 aliphatic heterocycles. The van der Waals surface area contributed by atoms with E-state index in [0.29, 0.717) is 11.0 Å². The fourth-order valence-electron chi connectivity index (χ4n) is 2.02. The SMILES string of the molecule is Fc1cc(Cn2cnc(N3NC=CC=C3Cl)c2)cc(F)c1F. The molecule has 4 nitrogen and oxygen atoms in total. The van der Waals surface area contributed by atoms with Crippen molar-refractivity contribution in [1.29, 1.82) is 0 Å². The Balaban J connectivity index is 1.80. The molecular formula is C14H10ClF3N4. The molecule has 2 aromatic rings. The van der Waals surface area contributed by atoms with Gasteiger partial charge in [-0.3, -0.25) is 5.43 Å². The molecule has 0 fully saturated rings. The van der Waals surface area contributed by atoms with E-state index in [0.717, 1.165) is 12.1 Å². The summed E-state index contributed by atoms with van der Waals surface area (Å²) in [7, 11) is 0. The van der Waals surface area contributed by atoms with E-state index in [2.05, 4.69) is 10.4 Å². The minimum atomic E-state index is -1.48. The van der Waals surface area contributed by atoms with Crippen molar-refractivity contribution in [3.8, 4) is 0 Å². The molecule has 1 aliphatic rings. The van der Waals surface area contributed by atoms with Gasteiger partial charge < -0.3 is 4.57 Å². The van der Waals surface area contributed by atoms with E-state index in [1.165, 1.54) is 11.3 Å². The number of imidazole rings is 1. The van der Waals surface area contributed by atoms with Crippen LogP contribution in [0.25, 0.3) is 0 Å². The van der Waals surface area contributed by atoms with Gasteiger partial charge in [-0.2, -0.15) is 0 Å². The van der Waals surface area contributed by atoms with Crippen LogP contribution in [-0.4, -0.2) is 9.55 Å². The summed E-state index contributed by atoms with van der Waals surface area (Å²) in [6.07, 6.45) is 8.22. The summed E-state index contributed by atoms with van der Waals surface area (Å²) < 4.78 is 40.9. The number of hydrogen-bond acceptors (Lipinski definition) is 3. The normalized spacial score (nSPS) is 14.0. The topological polar surface area (TPSA) is 33.1 Å². The van der Waals surface area contributed by atoms with Crippen LogP contribution in [0.5, 0.6) is 0 Å². The molecule has 0 saturated heterocycles. The van der Waals surface area contributed by atoms with Gasteiger partial charge in [-0.15, -0.1) is 0 Å². The van der Waals surface area contributed by atoms with Crippen molar-refractivity contribution in [3.05, 3.63) is 71.2 Å². The number of nitrogens with one attached hydrogen (secondary N) is 1. The lowest BCUT2D eigenvalue weighted by molar-refractivity contribution is 0.444. The van der Waals surface area contributed by atoms with Crippen LogP contribution < -0.4 is 10.4 Å². The maximum absolute atomic E-state index is 13.2. The predicted octanol–water partition coefficient (Wildman–Crippen LogP) is 3.27. The molecule has 0 bridgehead atoms. The van der Waals surface area contributed by atoms with Gasteiger partial charge in [0.05, 0.1) is 12.5 Å². The molecule has 0 amide bonds. The number of allylic oxidation sites excluding steroid dienone is 2. The summed E-state index contributed by atoms with van der Waals surface area (Å²) in [5.41, 5.74) is 3.18. The minimum absolute atomic E-state index is 0.145. The lowest BCUT2D eigenvalue weighted by atomic mass is 10.2. The molecule has 1 aromatic carbocycles. The number of benzene rings is 1. The molecule has 1 aromatic heterocycles. The first-order valence-electron chi connectivity index (χ1n) is 6.28. The Hall–Kier alpha value is -2.41. The predicted molar refractivity (Wildman–Crippen MR) is 76.3 cm³/mol. The highest BCUT2D eigenvalue weighted by Gasteiger charge is 2.15. The number of aromatic nitrogens is 2. The van der Waals surface area contributed by atoms with Crippen molar-refractivity contribution in [1.82, 2.24) is 15.0 Å². The number of hydrogen-bond donors (Lipinski definition) is 1. The molecule has 0 unspecified atom stereocenters. The zero-order valence-corrected chi connectivity index (χ0v) is 11.9. The van der Waals surface area contributed by atoms with Gasteiger partial charge in [-0.25, -0.2) is 23.2 Å². The highest BCUT2D eigenvalue weighted by atomic mass is 35.5. The maximum atomic E-state index is 13.2. The van der Waals surface area contributed by atoms with Crippen molar-refractivity contribution in [2.24, 2.45) is 0 Å². The highest BCUT2D eigenvalue weighted by molar-refractivity contribution is 6.31. The van der Waals surface area contributed by atoms with E-state index in [1.54, 1.807) is 29.1 Å². The molecular weight excluding hydrogens is 317 g/mol. The third-order valence-corrected chi connectivity index (χ3v) is 3.30. The zero-order valence-electron chi connectivity index (χ0n) is 11.1. The fourth-order valence-corrected chi connectivity index (χ4v) is 2.23. The Morgan fingerprint density at radius 3 is 2.59 bits per heavy atom. The summed E-state index contributed by atoms with van der Waals surface area (Å²) in [4.78, 5) is 4.15. The van der Waals surface area contributed by atoms with Gasteiger partial charge in [0.25, 0.3) is 0 Å². The smallest absolute Gasteiger partial charge is 0.194 e. The van der Waals surface area contributed by atoms with Crippen LogP contribution in [0.4, 0.5) is 19.0 Å². The maximum Gasteiger partial charge on any atom is 0.194 e. The molecule has 8 heteroatoms. The fraction of sp³-hybridized carbons (Fsp3) is 0.0714. The molecule has 114 valence electrons. The van der Waals surface area contributed by atoms with Crippen LogP contribution >= 0.6 is 11.6 Å². The minimum Gasteiger partial charge on any atom is -0.331 e. The van der Waals surface area contributed by atoms with Crippen molar-refractivity contribution >= 4 is 17.4 Å². The molecule has 0 spiro atoms. The second kappa shape index (κ2) is 5.76. The summed E-state index contributed by atoms with van der Waals surface area (Å²) in [5, 5.41) is 1.95. The molecule has 22 heavy (non-hydrogen) atoms. The molecule has 0 aliphatic carbocycles. The third-order valence-electron chi connectivity index (χ3n) is 3.00. The molecule has 0 atom stereocenters. The van der Waals surface area contributed by atoms with Gasteiger partial charge >= 0.3 is 0 Å². The van der Waals surface area contributed by atoms with Gasteiger partial charge in [0.2, 0.25) is 0 Å². The van der Waals surface area contributed by atoms with Crippen molar-refractivity contribution in [2.45, 2.75) is 6.54 Å². The zero-order chi connectivity index (χ0) is 15.7. The van der Waals surface area contributed by atoms with Crippen molar-refractivity contribution < 1.29 is 13.2 Å². The Kier molecular flexibility index (Phi) is 3.81. The Labute approximate surface area is 129 Å². The van der Waals surface area contributed by atoms with Crippen LogP contribution in [0.3, 0.4) is 0 Å². The molecule has 1 N–H and O–H groups in total. The van der Waals surface area contributed by atoms with Crippen molar-refractivity contribution in [3.63, 3.8) is 0 Å². The molecule has 0 saturated carbocycles. The quantitative estimate of drug-likeness (QED) is 0.694. The Morgan fingerprint density at radius 1 is 1.18 bits per heavy atom. The monoisotopic (exact) mass is 326 g/mol. The average Bonchev–Trinajstić information content (AvgIpc) is 2.93. The van der Waals surface area contributed by atoms with E-state index >= 15 is 0 Å². The number of anilines is 1. The first kappa shape index (κ1) is 14.5. The van der Waals surface area contributed by atoms with Gasteiger partial charge in [-0.05, 0) is 29.8 Å². The molecule has 3 rings (SSSR count). The first-order chi connectivity index (χ1) is 10.5. The molecule has 0 radical (unpaired) electrons. The van der Waals surface area contributed by atoms with Gasteiger partial charge in [0.1, 0.15) is 5.16 Å². The van der Waals surface area contributed by atoms with Gasteiger partial charge in [0.15, 0.2) is 23.3 Å². The second-order valence-electron chi connectivity index (χ2n) is 4.59. The summed E-state index contributed by atoms with van der Waals surface area (Å²) in [6, 6.07) is 1.90. The van der Waals surface area contributed by atoms with Crippen LogP contribution in [0.15, 0.2) is 48.2 Å². The van der Waals surface area contributed by atoms with Crippen LogP contribution in [0.2, 0.25) is 0 Å². The number of halogens is 4. The third kappa shape index (κ3) is 2.80. The van der Waals surface area contributed by atoms with E-state index in [-0.39, 0.29) is 12.1 Å². The van der Waals surface area contributed by atoms with E-state index in [9.17, 15) is 13.2 Å². The number of hydrazine groups is 1. The first-order valence-corrected chi connectivity index (χ1v) is 6.66. The number of rotatable bonds is 3. The van der Waals surface area contributed by atoms with E-state index < -0.39 is 17.5 Å². The summed E-state index contributed by atoms with van der Waals surface area (Å²) in [5.74, 6) is -3.40. The lowest BCUT2D eigenvalue weighted by Crippen LogP contribution is -2.33. The van der Waals surface area contributed by atoms with E-state index in [1.807, 2.05) is 0 Å². The lowest BCUT2D eigenvalue weighted by Gasteiger charge is -2.22. The standard InChI is InChI=1S/C14H10ClF3N4/c15-12-2-1-3-20-22(12)13-7-21(8-19-13)6-9-4-10(16)14(18)11(17)5-9/h1-5,7-8,20H,6H2. The number of nitrogens with zero attached hydrogens (tertiary/aromatic N) is 3. The second-order valence-corrected chi connectivity index (χ2v) is 4.98. The van der Waals surface area contributed by atoms with Crippen LogP contribution in [0.1, 0.15) is 5.56 Å². The van der Waals surface area contributed by atoms with Crippen LogP contribution in [0, 0.1) is 17.5 Å². The Bertz CT molecular complexity index is 746. The summed E-state index contributed by atoms with van der Waals surface area (Å²) in [6.45, 7) is 0.145. The van der Waals surface area contributed by atoms with Gasteiger partial charge in [-0.1, -0.05) is 11.6 Å². The van der Waals surface area contributed by atoms with Crippen LogP contribution in [-0.2, 0) is 6.54 Å². The highest BCUT2D eigenvalue weighted by Crippen LogP contribution is 2.20. The van der Waals surface area contributed by atoms with Crippen molar-refractivity contribution in [2.75, 3.05) is 5.01 Å². The largest absolute Gasteiger partial charge is 0.331 e. The Morgan fingerprint density at radius 2 is 1.91 bits per heavy atom. The summed E-state index contributed by atoms with van der Waals surface area (Å²) >= 11 is 6.03. The molecule has 2 heterocycles. The van der Waals surface area contributed by atoms with Gasteiger partial charge in [0, 0.05) is 12.7 Å².